The van der Waals surface area contributed by atoms with Gasteiger partial charge in [0.1, 0.15) is 17.5 Å². The van der Waals surface area contributed by atoms with Crippen LogP contribution in [0.5, 0.6) is 0 Å². The number of anilines is 3. The van der Waals surface area contributed by atoms with Crippen LogP contribution in [0.15, 0.2) is 67.5 Å². The molecule has 4 N–H and O–H groups in total. The molecule has 0 saturated heterocycles. The van der Waals surface area contributed by atoms with Gasteiger partial charge in [-0.2, -0.15) is 0 Å². The Labute approximate surface area is 189 Å². The lowest BCUT2D eigenvalue weighted by Gasteiger charge is -2.08. The van der Waals surface area contributed by atoms with Crippen LogP contribution < -0.4 is 16.4 Å². The van der Waals surface area contributed by atoms with E-state index in [1.807, 2.05) is 36.4 Å². The van der Waals surface area contributed by atoms with Gasteiger partial charge in [-0.1, -0.05) is 30.8 Å². The van der Waals surface area contributed by atoms with E-state index in [1.54, 1.807) is 12.1 Å². The summed E-state index contributed by atoms with van der Waals surface area (Å²) in [7, 11) is 0. The standard InChI is InChI=1S/C24H21N7O2/c1-2-19(32)28-17-11-7-15(8-12-17)21-20(22-23(25)26-13-27-31(22)30-21)14-5-9-18(10-6-14)29-24(33)16-3-4-16/h2,5-13,16H,1,3-4H2,(H,28,32)(H,29,33)(H2,25,26,27). The van der Waals surface area contributed by atoms with Crippen molar-refractivity contribution in [3.05, 3.63) is 67.5 Å². The zero-order valence-electron chi connectivity index (χ0n) is 17.7. The Morgan fingerprint density at radius 1 is 1.00 bits per heavy atom. The molecule has 0 aliphatic heterocycles. The van der Waals surface area contributed by atoms with E-state index in [-0.39, 0.29) is 17.7 Å². The second-order valence-corrected chi connectivity index (χ2v) is 7.82. The smallest absolute Gasteiger partial charge is 0.247 e. The summed E-state index contributed by atoms with van der Waals surface area (Å²) < 4.78 is 1.46. The molecule has 2 heterocycles. The molecule has 2 aromatic carbocycles. The molecule has 0 radical (unpaired) electrons. The van der Waals surface area contributed by atoms with Crippen molar-refractivity contribution in [2.24, 2.45) is 5.92 Å². The van der Waals surface area contributed by atoms with Crippen LogP contribution >= 0.6 is 0 Å². The molecule has 164 valence electrons. The maximum atomic E-state index is 12.1. The Balaban J connectivity index is 1.55. The number of hydrogen-bond donors (Lipinski definition) is 3. The summed E-state index contributed by atoms with van der Waals surface area (Å²) >= 11 is 0. The van der Waals surface area contributed by atoms with Crippen molar-refractivity contribution in [2.45, 2.75) is 12.8 Å². The SMILES string of the molecule is C=CC(=O)Nc1ccc(-c2nn3ncnc(N)c3c2-c2ccc(NC(=O)C3CC3)cc2)cc1. The Morgan fingerprint density at radius 3 is 2.27 bits per heavy atom. The number of fused-ring (bicyclic) bond motifs is 1. The molecule has 9 nitrogen and oxygen atoms in total. The number of nitrogen functional groups attached to an aromatic ring is 1. The summed E-state index contributed by atoms with van der Waals surface area (Å²) in [5.41, 5.74) is 11.3. The number of carbonyl (C=O) groups is 2. The molecule has 1 fully saturated rings. The third-order valence-corrected chi connectivity index (χ3v) is 5.47. The zero-order chi connectivity index (χ0) is 22.9. The van der Waals surface area contributed by atoms with Crippen LogP contribution in [0.2, 0.25) is 0 Å². The summed E-state index contributed by atoms with van der Waals surface area (Å²) in [6, 6.07) is 14.8. The van der Waals surface area contributed by atoms with Crippen molar-refractivity contribution >= 4 is 34.5 Å². The van der Waals surface area contributed by atoms with Gasteiger partial charge in [0, 0.05) is 28.4 Å². The van der Waals surface area contributed by atoms with Crippen LogP contribution in [0.1, 0.15) is 12.8 Å². The molecule has 4 aromatic rings. The summed E-state index contributed by atoms with van der Waals surface area (Å²) in [4.78, 5) is 27.8. The summed E-state index contributed by atoms with van der Waals surface area (Å²) in [5.74, 6) is 0.209. The highest BCUT2D eigenvalue weighted by Gasteiger charge is 2.29. The number of nitrogens with two attached hydrogens (primary N) is 1. The van der Waals surface area contributed by atoms with Crippen molar-refractivity contribution in [2.75, 3.05) is 16.4 Å². The fourth-order valence-corrected chi connectivity index (χ4v) is 3.61. The second kappa shape index (κ2) is 8.19. The van der Waals surface area contributed by atoms with E-state index in [0.29, 0.717) is 22.7 Å². The number of nitrogens with one attached hydrogen (secondary N) is 2. The van der Waals surface area contributed by atoms with Gasteiger partial charge in [-0.15, -0.1) is 14.8 Å². The lowest BCUT2D eigenvalue weighted by Crippen LogP contribution is -2.12. The number of nitrogens with zero attached hydrogens (tertiary/aromatic N) is 4. The highest BCUT2D eigenvalue weighted by Crippen LogP contribution is 2.37. The van der Waals surface area contributed by atoms with Gasteiger partial charge in [0.15, 0.2) is 5.82 Å². The van der Waals surface area contributed by atoms with Gasteiger partial charge < -0.3 is 16.4 Å². The molecule has 9 heteroatoms. The van der Waals surface area contributed by atoms with Gasteiger partial charge in [-0.25, -0.2) is 4.98 Å². The lowest BCUT2D eigenvalue weighted by molar-refractivity contribution is -0.117. The third kappa shape index (κ3) is 4.03. The average Bonchev–Trinajstić information content (AvgIpc) is 3.61. The highest BCUT2D eigenvalue weighted by atomic mass is 16.2. The first-order chi connectivity index (χ1) is 16.0. The summed E-state index contributed by atoms with van der Waals surface area (Å²) in [6.07, 6.45) is 4.47. The van der Waals surface area contributed by atoms with Crippen molar-refractivity contribution in [3.8, 4) is 22.4 Å². The number of benzene rings is 2. The van der Waals surface area contributed by atoms with Crippen molar-refractivity contribution in [1.82, 2.24) is 19.8 Å². The second-order valence-electron chi connectivity index (χ2n) is 7.82. The average molecular weight is 439 g/mol. The molecule has 0 bridgehead atoms. The van der Waals surface area contributed by atoms with Gasteiger partial charge in [-0.05, 0) is 48.7 Å². The Morgan fingerprint density at radius 2 is 1.64 bits per heavy atom. The zero-order valence-corrected chi connectivity index (χ0v) is 17.7. The molecule has 2 aromatic heterocycles. The fraction of sp³-hybridized carbons (Fsp3) is 0.125. The monoisotopic (exact) mass is 439 g/mol. The summed E-state index contributed by atoms with van der Waals surface area (Å²) in [5, 5.41) is 14.5. The highest BCUT2D eigenvalue weighted by molar-refractivity contribution is 6.00. The minimum atomic E-state index is -0.284. The number of amides is 2. The first kappa shape index (κ1) is 20.4. The van der Waals surface area contributed by atoms with Crippen LogP contribution in [0, 0.1) is 5.92 Å². The van der Waals surface area contributed by atoms with Gasteiger partial charge in [0.05, 0.1) is 0 Å². The molecule has 2 amide bonds. The molecule has 0 atom stereocenters. The number of aromatic nitrogens is 4. The van der Waals surface area contributed by atoms with Crippen molar-refractivity contribution in [3.63, 3.8) is 0 Å². The van der Waals surface area contributed by atoms with Crippen LogP contribution in [-0.4, -0.2) is 31.6 Å². The first-order valence-corrected chi connectivity index (χ1v) is 10.5. The van der Waals surface area contributed by atoms with E-state index in [9.17, 15) is 9.59 Å². The third-order valence-electron chi connectivity index (χ3n) is 5.47. The van der Waals surface area contributed by atoms with Gasteiger partial charge >= 0.3 is 0 Å². The predicted octanol–water partition coefficient (Wildman–Crippen LogP) is 3.51. The van der Waals surface area contributed by atoms with Gasteiger partial charge in [0.2, 0.25) is 11.8 Å². The molecule has 33 heavy (non-hydrogen) atoms. The normalized spacial score (nSPS) is 13.0. The van der Waals surface area contributed by atoms with Gasteiger partial charge in [0.25, 0.3) is 0 Å². The fourth-order valence-electron chi connectivity index (χ4n) is 3.61. The van der Waals surface area contributed by atoms with E-state index < -0.39 is 0 Å². The molecule has 1 aliphatic carbocycles. The lowest BCUT2D eigenvalue weighted by atomic mass is 9.99. The van der Waals surface area contributed by atoms with Gasteiger partial charge in [-0.3, -0.25) is 9.59 Å². The Hall–Kier alpha value is -4.53. The quantitative estimate of drug-likeness (QED) is 0.395. The van der Waals surface area contributed by atoms with E-state index in [2.05, 4.69) is 32.4 Å². The van der Waals surface area contributed by atoms with E-state index >= 15 is 0 Å². The van der Waals surface area contributed by atoms with Crippen molar-refractivity contribution < 1.29 is 9.59 Å². The number of carbonyl (C=O) groups excluding carboxylic acids is 2. The molecular formula is C24H21N7O2. The van der Waals surface area contributed by atoms with Crippen LogP contribution in [0.3, 0.4) is 0 Å². The topological polar surface area (TPSA) is 127 Å². The van der Waals surface area contributed by atoms with Crippen LogP contribution in [-0.2, 0) is 9.59 Å². The van der Waals surface area contributed by atoms with Crippen LogP contribution in [0.25, 0.3) is 27.9 Å². The Bertz CT molecular complexity index is 1370. The van der Waals surface area contributed by atoms with Crippen molar-refractivity contribution in [1.29, 1.82) is 0 Å². The minimum absolute atomic E-state index is 0.0562. The molecule has 5 rings (SSSR count). The predicted molar refractivity (Wildman–Crippen MR) is 126 cm³/mol. The molecule has 1 saturated carbocycles. The van der Waals surface area contributed by atoms with Crippen LogP contribution in [0.4, 0.5) is 17.2 Å². The van der Waals surface area contributed by atoms with E-state index in [1.165, 1.54) is 17.0 Å². The number of hydrogen-bond acceptors (Lipinski definition) is 6. The summed E-state index contributed by atoms with van der Waals surface area (Å²) in [6.45, 7) is 3.46. The minimum Gasteiger partial charge on any atom is -0.382 e. The van der Waals surface area contributed by atoms with E-state index in [0.717, 1.165) is 35.2 Å². The molecule has 0 spiro atoms. The first-order valence-electron chi connectivity index (χ1n) is 10.5. The van der Waals surface area contributed by atoms with E-state index in [4.69, 9.17) is 5.73 Å². The number of rotatable bonds is 6. The Kier molecular flexibility index (Phi) is 5.06. The molecule has 0 unspecified atom stereocenters. The maximum Gasteiger partial charge on any atom is 0.247 e. The largest absolute Gasteiger partial charge is 0.382 e. The molecule has 1 aliphatic rings. The maximum absolute atomic E-state index is 12.1. The molecular weight excluding hydrogens is 418 g/mol.